The van der Waals surface area contributed by atoms with Gasteiger partial charge in [-0.2, -0.15) is 15.0 Å². The number of nitrogens with zero attached hydrogens (tertiary/aromatic N) is 5. The first-order valence-electron chi connectivity index (χ1n) is 7.59. The average Bonchev–Trinajstić information content (AvgIpc) is 3.24. The third kappa shape index (κ3) is 2.73. The van der Waals surface area contributed by atoms with Crippen molar-refractivity contribution < 1.29 is 4.79 Å². The second-order valence-corrected chi connectivity index (χ2v) is 5.56. The summed E-state index contributed by atoms with van der Waals surface area (Å²) in [5.41, 5.74) is 2.30. The number of carbonyl (C=O) groups excluding carboxylic acids is 1. The molecule has 0 saturated carbocycles. The summed E-state index contributed by atoms with van der Waals surface area (Å²) in [7, 11) is 0. The normalized spacial score (nSPS) is 16.8. The lowest BCUT2D eigenvalue weighted by atomic mass is 10.0. The summed E-state index contributed by atoms with van der Waals surface area (Å²) < 4.78 is 1.98. The summed E-state index contributed by atoms with van der Waals surface area (Å²) in [5, 5.41) is 15.7. The number of carbonyl (C=O) groups is 1. The van der Waals surface area contributed by atoms with Gasteiger partial charge in [0.2, 0.25) is 0 Å². The molecule has 1 aromatic carbocycles. The topological polar surface area (TPSA) is 77.6 Å². The maximum absolute atomic E-state index is 12.4. The van der Waals surface area contributed by atoms with E-state index in [0.29, 0.717) is 5.69 Å². The molecule has 23 heavy (non-hydrogen) atoms. The molecular weight excluding hydrogens is 292 g/mol. The van der Waals surface area contributed by atoms with Gasteiger partial charge in [0.05, 0.1) is 11.9 Å². The van der Waals surface area contributed by atoms with E-state index in [1.165, 1.54) is 11.0 Å². The molecule has 1 amide bonds. The van der Waals surface area contributed by atoms with Crippen LogP contribution in [0.15, 0.2) is 48.8 Å². The zero-order valence-electron chi connectivity index (χ0n) is 12.5. The summed E-state index contributed by atoms with van der Waals surface area (Å²) in [6.07, 6.45) is 4.95. The molecule has 0 radical (unpaired) electrons. The number of nitrogens with one attached hydrogen (secondary N) is 1. The Labute approximate surface area is 132 Å². The minimum atomic E-state index is -0.190. The fourth-order valence-corrected chi connectivity index (χ4v) is 2.80. The van der Waals surface area contributed by atoms with E-state index in [1.54, 1.807) is 6.20 Å². The van der Waals surface area contributed by atoms with Crippen molar-refractivity contribution >= 4 is 5.91 Å². The van der Waals surface area contributed by atoms with Gasteiger partial charge in [-0.3, -0.25) is 9.48 Å². The fourth-order valence-electron chi connectivity index (χ4n) is 2.80. The third-order valence-corrected chi connectivity index (χ3v) is 4.00. The van der Waals surface area contributed by atoms with Gasteiger partial charge in [0.1, 0.15) is 0 Å². The summed E-state index contributed by atoms with van der Waals surface area (Å²) in [4.78, 5) is 13.8. The average molecular weight is 308 g/mol. The predicted octanol–water partition coefficient (Wildman–Crippen LogP) is 1.21. The second kappa shape index (κ2) is 5.68. The molecule has 0 unspecified atom stereocenters. The smallest absolute Gasteiger partial charge is 0.273 e. The van der Waals surface area contributed by atoms with Gasteiger partial charge >= 0.3 is 0 Å². The molecule has 3 aromatic rings. The number of hydrogen-bond donors (Lipinski definition) is 1. The van der Waals surface area contributed by atoms with Crippen molar-refractivity contribution in [3.63, 3.8) is 0 Å². The number of fused-ring (bicyclic) bond motifs is 1. The molecule has 2 aromatic heterocycles. The molecule has 1 N–H and O–H groups in total. The van der Waals surface area contributed by atoms with E-state index in [0.717, 1.165) is 30.8 Å². The van der Waals surface area contributed by atoms with Crippen molar-refractivity contribution in [2.45, 2.75) is 25.4 Å². The number of benzene rings is 1. The molecule has 7 nitrogen and oxygen atoms in total. The molecule has 1 atom stereocenters. The van der Waals surface area contributed by atoms with Crippen LogP contribution in [0.5, 0.6) is 0 Å². The number of aryl methyl sites for hydroxylation is 1. The van der Waals surface area contributed by atoms with Crippen LogP contribution in [-0.4, -0.2) is 36.7 Å². The summed E-state index contributed by atoms with van der Waals surface area (Å²) >= 11 is 0. The molecule has 0 saturated heterocycles. The first-order chi connectivity index (χ1) is 11.3. The van der Waals surface area contributed by atoms with E-state index in [9.17, 15) is 4.79 Å². The lowest BCUT2D eigenvalue weighted by Crippen LogP contribution is -2.40. The van der Waals surface area contributed by atoms with E-state index in [2.05, 4.69) is 20.6 Å². The van der Waals surface area contributed by atoms with Crippen molar-refractivity contribution in [3.8, 4) is 5.69 Å². The van der Waals surface area contributed by atoms with Gasteiger partial charge < -0.3 is 5.32 Å². The van der Waals surface area contributed by atoms with Crippen LogP contribution in [0.1, 0.15) is 22.6 Å². The fraction of sp³-hybridized carbons (Fsp3) is 0.250. The zero-order chi connectivity index (χ0) is 15.6. The zero-order valence-corrected chi connectivity index (χ0v) is 12.5. The standard InChI is InChI=1S/C16H16N6O/c23-16(19-12-7-9-21-14(10-12)6-8-17-21)15-11-18-22(20-15)13-4-2-1-3-5-13/h1-6,8,11-12H,7,9-10H2,(H,19,23)/t12-/m0/s1. The Morgan fingerprint density at radius 3 is 2.91 bits per heavy atom. The maximum Gasteiger partial charge on any atom is 0.273 e. The second-order valence-electron chi connectivity index (χ2n) is 5.56. The Hall–Kier alpha value is -2.96. The molecule has 4 rings (SSSR count). The number of rotatable bonds is 3. The Morgan fingerprint density at radius 1 is 1.17 bits per heavy atom. The summed E-state index contributed by atoms with van der Waals surface area (Å²) in [6.45, 7) is 0.823. The van der Waals surface area contributed by atoms with Crippen LogP contribution in [-0.2, 0) is 13.0 Å². The molecule has 0 bridgehead atoms. The van der Waals surface area contributed by atoms with Gasteiger partial charge in [-0.1, -0.05) is 18.2 Å². The predicted molar refractivity (Wildman–Crippen MR) is 83.2 cm³/mol. The van der Waals surface area contributed by atoms with Crippen molar-refractivity contribution in [3.05, 3.63) is 60.2 Å². The first kappa shape index (κ1) is 13.7. The van der Waals surface area contributed by atoms with Crippen LogP contribution >= 0.6 is 0 Å². The third-order valence-electron chi connectivity index (χ3n) is 4.00. The first-order valence-corrected chi connectivity index (χ1v) is 7.59. The van der Waals surface area contributed by atoms with Gasteiger partial charge in [0.15, 0.2) is 5.69 Å². The van der Waals surface area contributed by atoms with Gasteiger partial charge in [-0.05, 0) is 24.6 Å². The summed E-state index contributed by atoms with van der Waals surface area (Å²) in [5.74, 6) is -0.190. The highest BCUT2D eigenvalue weighted by atomic mass is 16.2. The Bertz CT molecular complexity index is 822. The van der Waals surface area contributed by atoms with Crippen molar-refractivity contribution in [1.82, 2.24) is 30.1 Å². The van der Waals surface area contributed by atoms with Crippen LogP contribution in [0, 0.1) is 0 Å². The molecule has 0 fully saturated rings. The van der Waals surface area contributed by atoms with E-state index in [4.69, 9.17) is 0 Å². The van der Waals surface area contributed by atoms with E-state index >= 15 is 0 Å². The van der Waals surface area contributed by atoms with Gasteiger partial charge in [-0.25, -0.2) is 0 Å². The summed E-state index contributed by atoms with van der Waals surface area (Å²) in [6, 6.07) is 11.6. The minimum absolute atomic E-state index is 0.105. The van der Waals surface area contributed by atoms with Crippen LogP contribution in [0.2, 0.25) is 0 Å². The minimum Gasteiger partial charge on any atom is -0.347 e. The monoisotopic (exact) mass is 308 g/mol. The van der Waals surface area contributed by atoms with Crippen LogP contribution in [0.25, 0.3) is 5.69 Å². The molecule has 116 valence electrons. The lowest BCUT2D eigenvalue weighted by Gasteiger charge is -2.23. The molecule has 0 spiro atoms. The van der Waals surface area contributed by atoms with E-state index in [1.807, 2.05) is 41.1 Å². The van der Waals surface area contributed by atoms with Crippen molar-refractivity contribution in [2.75, 3.05) is 0 Å². The molecule has 3 heterocycles. The van der Waals surface area contributed by atoms with Crippen molar-refractivity contribution in [2.24, 2.45) is 0 Å². The van der Waals surface area contributed by atoms with Crippen molar-refractivity contribution in [1.29, 1.82) is 0 Å². The maximum atomic E-state index is 12.4. The number of aromatic nitrogens is 5. The Balaban J connectivity index is 1.45. The number of hydrogen-bond acceptors (Lipinski definition) is 4. The van der Waals surface area contributed by atoms with Crippen LogP contribution in [0.4, 0.5) is 0 Å². The molecular formula is C16H16N6O. The largest absolute Gasteiger partial charge is 0.347 e. The highest BCUT2D eigenvalue weighted by molar-refractivity contribution is 5.92. The quantitative estimate of drug-likeness (QED) is 0.789. The Kier molecular flexibility index (Phi) is 3.38. The van der Waals surface area contributed by atoms with Gasteiger partial charge in [-0.15, -0.1) is 5.10 Å². The molecule has 1 aliphatic heterocycles. The van der Waals surface area contributed by atoms with Gasteiger partial charge in [0.25, 0.3) is 5.91 Å². The molecule has 1 aliphatic rings. The lowest BCUT2D eigenvalue weighted by molar-refractivity contribution is 0.0924. The van der Waals surface area contributed by atoms with E-state index < -0.39 is 0 Å². The van der Waals surface area contributed by atoms with Crippen LogP contribution < -0.4 is 5.32 Å². The SMILES string of the molecule is O=C(N[C@H]1CCn2nccc2C1)c1cnn(-c2ccccc2)n1. The van der Waals surface area contributed by atoms with E-state index in [-0.39, 0.29) is 11.9 Å². The number of para-hydroxylation sites is 1. The molecule has 0 aliphatic carbocycles. The Morgan fingerprint density at radius 2 is 2.04 bits per heavy atom. The highest BCUT2D eigenvalue weighted by Gasteiger charge is 2.22. The number of amides is 1. The van der Waals surface area contributed by atoms with Crippen LogP contribution in [0.3, 0.4) is 0 Å². The highest BCUT2D eigenvalue weighted by Crippen LogP contribution is 2.14. The van der Waals surface area contributed by atoms with Gasteiger partial charge in [0, 0.05) is 30.9 Å². The molecule has 7 heteroatoms.